The van der Waals surface area contributed by atoms with Gasteiger partial charge in [0.15, 0.2) is 12.4 Å². The van der Waals surface area contributed by atoms with Crippen molar-refractivity contribution in [2.75, 3.05) is 26.7 Å². The van der Waals surface area contributed by atoms with Crippen molar-refractivity contribution in [1.82, 2.24) is 9.80 Å². The van der Waals surface area contributed by atoms with Gasteiger partial charge in [0.1, 0.15) is 5.75 Å². The van der Waals surface area contributed by atoms with Crippen LogP contribution in [0.5, 0.6) is 5.75 Å². The third kappa shape index (κ3) is 4.57. The summed E-state index contributed by atoms with van der Waals surface area (Å²) in [6, 6.07) is 16.4. The lowest BCUT2D eigenvalue weighted by Gasteiger charge is -2.40. The summed E-state index contributed by atoms with van der Waals surface area (Å²) >= 11 is 0. The van der Waals surface area contributed by atoms with Crippen molar-refractivity contribution < 1.29 is 14.3 Å². The number of hydrogen-bond donors (Lipinski definition) is 0. The Hall–Kier alpha value is -2.66. The fourth-order valence-corrected chi connectivity index (χ4v) is 4.66. The lowest BCUT2D eigenvalue weighted by atomic mass is 10.0. The van der Waals surface area contributed by atoms with Gasteiger partial charge < -0.3 is 9.64 Å². The van der Waals surface area contributed by atoms with Crippen LogP contribution in [0.4, 0.5) is 0 Å². The predicted molar refractivity (Wildman–Crippen MR) is 117 cm³/mol. The number of piperidine rings is 1. The molecule has 0 saturated carbocycles. The first kappa shape index (κ1) is 20.6. The third-order valence-corrected chi connectivity index (χ3v) is 6.54. The van der Waals surface area contributed by atoms with E-state index in [1.807, 2.05) is 11.9 Å². The molecule has 30 heavy (non-hydrogen) atoms. The molecule has 1 aliphatic carbocycles. The van der Waals surface area contributed by atoms with Crippen LogP contribution >= 0.6 is 0 Å². The zero-order valence-corrected chi connectivity index (χ0v) is 17.8. The van der Waals surface area contributed by atoms with Gasteiger partial charge in [0.05, 0.1) is 0 Å². The molecule has 5 heteroatoms. The van der Waals surface area contributed by atoms with Gasteiger partial charge in [-0.1, -0.05) is 24.3 Å². The summed E-state index contributed by atoms with van der Waals surface area (Å²) in [6.07, 6.45) is 4.37. The minimum absolute atomic E-state index is 0.00722. The number of amides is 1. The number of carbonyl (C=O) groups excluding carboxylic acids is 2. The Morgan fingerprint density at radius 2 is 1.73 bits per heavy atom. The summed E-state index contributed by atoms with van der Waals surface area (Å²) < 4.78 is 5.67. The van der Waals surface area contributed by atoms with Crippen LogP contribution in [0.1, 0.15) is 41.3 Å². The molecule has 1 fully saturated rings. The van der Waals surface area contributed by atoms with E-state index in [4.69, 9.17) is 4.74 Å². The highest BCUT2D eigenvalue weighted by molar-refractivity contribution is 5.94. The number of hydrogen-bond acceptors (Lipinski definition) is 4. The molecule has 1 saturated heterocycles. The van der Waals surface area contributed by atoms with Crippen molar-refractivity contribution in [3.8, 4) is 5.75 Å². The van der Waals surface area contributed by atoms with Crippen LogP contribution in [0, 0.1) is 0 Å². The highest BCUT2D eigenvalue weighted by Crippen LogP contribution is 2.28. The molecule has 0 aromatic heterocycles. The summed E-state index contributed by atoms with van der Waals surface area (Å²) in [5.41, 5.74) is 3.58. The molecule has 1 atom stereocenters. The smallest absolute Gasteiger partial charge is 0.260 e. The fraction of sp³-hybridized carbons (Fsp3) is 0.440. The van der Waals surface area contributed by atoms with E-state index in [0.29, 0.717) is 17.4 Å². The number of Topliss-reactive ketones (excluding diaryl/α,β-unsaturated/α-hetero) is 1. The summed E-state index contributed by atoms with van der Waals surface area (Å²) in [4.78, 5) is 28.5. The van der Waals surface area contributed by atoms with Crippen molar-refractivity contribution in [3.63, 3.8) is 0 Å². The number of benzene rings is 2. The Morgan fingerprint density at radius 3 is 2.37 bits per heavy atom. The van der Waals surface area contributed by atoms with Crippen LogP contribution in [-0.4, -0.2) is 60.3 Å². The number of carbonyl (C=O) groups is 2. The molecule has 0 bridgehead atoms. The van der Waals surface area contributed by atoms with Crippen LogP contribution < -0.4 is 4.74 Å². The van der Waals surface area contributed by atoms with Gasteiger partial charge in [0, 0.05) is 31.2 Å². The van der Waals surface area contributed by atoms with E-state index < -0.39 is 0 Å². The first-order valence-corrected chi connectivity index (χ1v) is 10.8. The fourth-order valence-electron chi connectivity index (χ4n) is 4.66. The van der Waals surface area contributed by atoms with Crippen LogP contribution in [0.25, 0.3) is 0 Å². The molecule has 5 nitrogen and oxygen atoms in total. The Balaban J connectivity index is 1.30. The average Bonchev–Trinajstić information content (AvgIpc) is 3.22. The van der Waals surface area contributed by atoms with Crippen LogP contribution in [0.2, 0.25) is 0 Å². The summed E-state index contributed by atoms with van der Waals surface area (Å²) in [5, 5.41) is 0. The standard InChI is InChI=1S/C25H30N2O3/c1-18(28)19-9-11-24(12-10-19)30-17-25(29)26(2)22-8-5-13-27(16-22)23-14-20-6-3-4-7-21(20)15-23/h3-4,6-7,9-12,22-23H,5,8,13-17H2,1-2H3/t22-/m0/s1. The SMILES string of the molecule is CC(=O)c1ccc(OCC(=O)N(C)[C@H]2CCCN(C3Cc4ccccc4C3)C2)cc1. The van der Waals surface area contributed by atoms with Crippen molar-refractivity contribution in [3.05, 3.63) is 65.2 Å². The number of likely N-dealkylation sites (N-methyl/N-ethyl adjacent to an activating group) is 1. The summed E-state index contributed by atoms with van der Waals surface area (Å²) in [6.45, 7) is 3.58. The minimum atomic E-state index is -0.00722. The van der Waals surface area contributed by atoms with Gasteiger partial charge in [-0.05, 0) is 74.5 Å². The number of nitrogens with zero attached hydrogens (tertiary/aromatic N) is 2. The van der Waals surface area contributed by atoms with Gasteiger partial charge in [-0.3, -0.25) is 14.5 Å². The molecule has 1 amide bonds. The molecule has 0 unspecified atom stereocenters. The van der Waals surface area contributed by atoms with Crippen molar-refractivity contribution in [1.29, 1.82) is 0 Å². The van der Waals surface area contributed by atoms with Gasteiger partial charge >= 0.3 is 0 Å². The Bertz CT molecular complexity index is 884. The van der Waals surface area contributed by atoms with Gasteiger partial charge in [-0.25, -0.2) is 0 Å². The van der Waals surface area contributed by atoms with Crippen LogP contribution in [-0.2, 0) is 17.6 Å². The van der Waals surface area contributed by atoms with Gasteiger partial charge in [-0.2, -0.15) is 0 Å². The zero-order valence-electron chi connectivity index (χ0n) is 17.8. The molecule has 0 N–H and O–H groups in total. The molecule has 1 aliphatic heterocycles. The predicted octanol–water partition coefficient (Wildman–Crippen LogP) is 3.36. The number of fused-ring (bicyclic) bond motifs is 1. The lowest BCUT2D eigenvalue weighted by molar-refractivity contribution is -0.135. The number of ketones is 1. The van der Waals surface area contributed by atoms with Gasteiger partial charge in [0.25, 0.3) is 5.91 Å². The molecule has 0 radical (unpaired) electrons. The van der Waals surface area contributed by atoms with Gasteiger partial charge in [0.2, 0.25) is 0 Å². The quantitative estimate of drug-likeness (QED) is 0.691. The van der Waals surface area contributed by atoms with E-state index in [2.05, 4.69) is 29.2 Å². The highest BCUT2D eigenvalue weighted by atomic mass is 16.5. The summed E-state index contributed by atoms with van der Waals surface area (Å²) in [5.74, 6) is 0.618. The van der Waals surface area contributed by atoms with E-state index in [1.165, 1.54) is 18.1 Å². The first-order valence-electron chi connectivity index (χ1n) is 10.8. The van der Waals surface area contributed by atoms with E-state index >= 15 is 0 Å². The van der Waals surface area contributed by atoms with E-state index in [9.17, 15) is 9.59 Å². The molecule has 1 heterocycles. The Labute approximate surface area is 178 Å². The topological polar surface area (TPSA) is 49.9 Å². The second kappa shape index (κ2) is 9.00. The Kier molecular flexibility index (Phi) is 6.18. The minimum Gasteiger partial charge on any atom is -0.484 e. The number of rotatable bonds is 6. The molecular formula is C25H30N2O3. The molecule has 2 aromatic carbocycles. The Morgan fingerprint density at radius 1 is 1.07 bits per heavy atom. The maximum absolute atomic E-state index is 12.7. The van der Waals surface area contributed by atoms with Crippen molar-refractivity contribution in [2.24, 2.45) is 0 Å². The van der Waals surface area contributed by atoms with Crippen LogP contribution in [0.3, 0.4) is 0 Å². The maximum atomic E-state index is 12.7. The van der Waals surface area contributed by atoms with Crippen LogP contribution in [0.15, 0.2) is 48.5 Å². The normalized spacial score (nSPS) is 19.3. The third-order valence-electron chi connectivity index (χ3n) is 6.54. The molecule has 2 aromatic rings. The molecular weight excluding hydrogens is 376 g/mol. The van der Waals surface area contributed by atoms with Gasteiger partial charge in [-0.15, -0.1) is 0 Å². The monoisotopic (exact) mass is 406 g/mol. The maximum Gasteiger partial charge on any atom is 0.260 e. The second-order valence-electron chi connectivity index (χ2n) is 8.50. The molecule has 2 aliphatic rings. The van der Waals surface area contributed by atoms with E-state index in [1.54, 1.807) is 24.3 Å². The number of ether oxygens (including phenoxy) is 1. The molecule has 4 rings (SSSR count). The lowest BCUT2D eigenvalue weighted by Crippen LogP contribution is -2.52. The zero-order chi connectivity index (χ0) is 21.1. The first-order chi connectivity index (χ1) is 14.5. The highest BCUT2D eigenvalue weighted by Gasteiger charge is 2.32. The molecule has 158 valence electrons. The van der Waals surface area contributed by atoms with Crippen molar-refractivity contribution in [2.45, 2.75) is 44.7 Å². The van der Waals surface area contributed by atoms with E-state index in [-0.39, 0.29) is 24.3 Å². The number of likely N-dealkylation sites (tertiary alicyclic amines) is 1. The molecule has 0 spiro atoms. The largest absolute Gasteiger partial charge is 0.484 e. The summed E-state index contributed by atoms with van der Waals surface area (Å²) in [7, 11) is 1.89. The van der Waals surface area contributed by atoms with Crippen molar-refractivity contribution >= 4 is 11.7 Å². The van der Waals surface area contributed by atoms with E-state index in [0.717, 1.165) is 38.8 Å². The average molecular weight is 407 g/mol. The second-order valence-corrected chi connectivity index (χ2v) is 8.50.